The van der Waals surface area contributed by atoms with Gasteiger partial charge >= 0.3 is 0 Å². The summed E-state index contributed by atoms with van der Waals surface area (Å²) in [6, 6.07) is 3.71. The van der Waals surface area contributed by atoms with Gasteiger partial charge in [-0.15, -0.1) is 0 Å². The fourth-order valence-corrected chi connectivity index (χ4v) is 1.43. The van der Waals surface area contributed by atoms with Crippen LogP contribution in [0.15, 0.2) is 22.8 Å². The van der Waals surface area contributed by atoms with Gasteiger partial charge in [-0.2, -0.15) is 0 Å². The van der Waals surface area contributed by atoms with Crippen molar-refractivity contribution < 1.29 is 18.9 Å². The number of carbonyl (C=O) groups excluding carboxylic acids is 1. The molecule has 0 aliphatic carbocycles. The molecule has 0 saturated carbocycles. The van der Waals surface area contributed by atoms with Gasteiger partial charge in [0, 0.05) is 5.69 Å². The molecule has 2 aromatic rings. The first kappa shape index (κ1) is 12.5. The summed E-state index contributed by atoms with van der Waals surface area (Å²) in [6.07, 6.45) is 0. The number of benzene rings is 1. The Hall–Kier alpha value is -1.99. The molecule has 1 amide bonds. The number of hydrogen-bond acceptors (Lipinski definition) is 5. The molecule has 0 spiro atoms. The van der Waals surface area contributed by atoms with Gasteiger partial charge in [-0.05, 0) is 23.4 Å². The van der Waals surface area contributed by atoms with Crippen LogP contribution < -0.4 is 5.32 Å². The number of halogens is 2. The fraction of sp³-hybridized carbons (Fsp3) is 0.100. The number of nitrogens with zero attached hydrogens (tertiary/aromatic N) is 2. The SMILES string of the molecule is O=C(Nc1ccc(F)c(Cl)c1)c1nonc1CO. The molecular formula is C10H7ClFN3O3. The molecule has 6 nitrogen and oxygen atoms in total. The maximum atomic E-state index is 12.9. The molecule has 0 saturated heterocycles. The highest BCUT2D eigenvalue weighted by Gasteiger charge is 2.17. The van der Waals surface area contributed by atoms with Crippen molar-refractivity contribution >= 4 is 23.2 Å². The van der Waals surface area contributed by atoms with Crippen LogP contribution in [0.4, 0.5) is 10.1 Å². The van der Waals surface area contributed by atoms with E-state index in [4.69, 9.17) is 16.7 Å². The number of carbonyl (C=O) groups is 1. The van der Waals surface area contributed by atoms with Crippen molar-refractivity contribution in [2.75, 3.05) is 5.32 Å². The zero-order chi connectivity index (χ0) is 13.1. The number of rotatable bonds is 3. The zero-order valence-electron chi connectivity index (χ0n) is 8.85. The molecule has 0 unspecified atom stereocenters. The molecule has 2 N–H and O–H groups in total. The average molecular weight is 272 g/mol. The first-order chi connectivity index (χ1) is 8.61. The average Bonchev–Trinajstić information content (AvgIpc) is 2.82. The van der Waals surface area contributed by atoms with E-state index in [9.17, 15) is 9.18 Å². The number of amides is 1. The molecule has 0 aliphatic rings. The van der Waals surface area contributed by atoms with E-state index in [0.29, 0.717) is 5.69 Å². The molecule has 2 rings (SSSR count). The molecule has 8 heteroatoms. The van der Waals surface area contributed by atoms with E-state index in [2.05, 4.69) is 20.3 Å². The Kier molecular flexibility index (Phi) is 3.54. The predicted octanol–water partition coefficient (Wildman–Crippen LogP) is 1.61. The summed E-state index contributed by atoms with van der Waals surface area (Å²) < 4.78 is 17.2. The van der Waals surface area contributed by atoms with Gasteiger partial charge in [-0.1, -0.05) is 16.8 Å². The van der Waals surface area contributed by atoms with E-state index in [0.717, 1.165) is 6.07 Å². The smallest absolute Gasteiger partial charge is 0.279 e. The van der Waals surface area contributed by atoms with Gasteiger partial charge < -0.3 is 10.4 Å². The molecule has 94 valence electrons. The van der Waals surface area contributed by atoms with Crippen molar-refractivity contribution in [3.8, 4) is 0 Å². The second-order valence-corrected chi connectivity index (χ2v) is 3.71. The Morgan fingerprint density at radius 1 is 1.50 bits per heavy atom. The molecule has 1 heterocycles. The third-order valence-corrected chi connectivity index (χ3v) is 2.39. The van der Waals surface area contributed by atoms with Gasteiger partial charge in [0.1, 0.15) is 11.5 Å². The summed E-state index contributed by atoms with van der Waals surface area (Å²) in [5.41, 5.74) is 0.164. The van der Waals surface area contributed by atoms with Gasteiger partial charge in [-0.3, -0.25) is 4.79 Å². The number of aliphatic hydroxyl groups is 1. The lowest BCUT2D eigenvalue weighted by atomic mass is 10.2. The summed E-state index contributed by atoms with van der Waals surface area (Å²) in [7, 11) is 0. The maximum absolute atomic E-state index is 12.9. The molecule has 1 aromatic heterocycles. The Morgan fingerprint density at radius 2 is 2.28 bits per heavy atom. The highest BCUT2D eigenvalue weighted by molar-refractivity contribution is 6.31. The maximum Gasteiger partial charge on any atom is 0.279 e. The van der Waals surface area contributed by atoms with Gasteiger partial charge in [0.25, 0.3) is 5.91 Å². The van der Waals surface area contributed by atoms with E-state index >= 15 is 0 Å². The van der Waals surface area contributed by atoms with Crippen LogP contribution in [0.2, 0.25) is 5.02 Å². The Labute approximate surface area is 105 Å². The molecular weight excluding hydrogens is 265 g/mol. The fourth-order valence-electron chi connectivity index (χ4n) is 1.25. The van der Waals surface area contributed by atoms with Crippen molar-refractivity contribution in [1.82, 2.24) is 10.3 Å². The van der Waals surface area contributed by atoms with Crippen LogP contribution in [-0.4, -0.2) is 21.3 Å². The first-order valence-corrected chi connectivity index (χ1v) is 5.18. The quantitative estimate of drug-likeness (QED) is 0.885. The van der Waals surface area contributed by atoms with E-state index < -0.39 is 18.3 Å². The third-order valence-electron chi connectivity index (χ3n) is 2.10. The summed E-state index contributed by atoms with van der Waals surface area (Å²) >= 11 is 5.57. The van der Waals surface area contributed by atoms with Crippen LogP contribution >= 0.6 is 11.6 Å². The van der Waals surface area contributed by atoms with Crippen LogP contribution in [-0.2, 0) is 6.61 Å². The van der Waals surface area contributed by atoms with Gasteiger partial charge in [0.2, 0.25) is 0 Å². The predicted molar refractivity (Wildman–Crippen MR) is 59.6 cm³/mol. The highest BCUT2D eigenvalue weighted by atomic mass is 35.5. The molecule has 0 fully saturated rings. The van der Waals surface area contributed by atoms with Crippen LogP contribution in [0.25, 0.3) is 0 Å². The Balaban J connectivity index is 2.19. The van der Waals surface area contributed by atoms with Gasteiger partial charge in [-0.25, -0.2) is 9.02 Å². The number of anilines is 1. The van der Waals surface area contributed by atoms with Crippen LogP contribution in [0.1, 0.15) is 16.2 Å². The lowest BCUT2D eigenvalue weighted by Gasteiger charge is -2.04. The van der Waals surface area contributed by atoms with Crippen LogP contribution in [0.3, 0.4) is 0 Å². The van der Waals surface area contributed by atoms with Gasteiger partial charge in [0.05, 0.1) is 11.6 Å². The molecule has 0 bridgehead atoms. The Morgan fingerprint density at radius 3 is 2.94 bits per heavy atom. The highest BCUT2D eigenvalue weighted by Crippen LogP contribution is 2.20. The monoisotopic (exact) mass is 271 g/mol. The summed E-state index contributed by atoms with van der Waals surface area (Å²) in [6.45, 7) is -0.476. The number of aromatic nitrogens is 2. The Bertz CT molecular complexity index is 587. The topological polar surface area (TPSA) is 88.3 Å². The van der Waals surface area contributed by atoms with Crippen LogP contribution in [0, 0.1) is 5.82 Å². The van der Waals surface area contributed by atoms with Gasteiger partial charge in [0.15, 0.2) is 5.69 Å². The minimum atomic E-state index is -0.636. The second kappa shape index (κ2) is 5.11. The normalized spacial score (nSPS) is 10.4. The van der Waals surface area contributed by atoms with Crippen LogP contribution in [0.5, 0.6) is 0 Å². The zero-order valence-corrected chi connectivity index (χ0v) is 9.61. The minimum Gasteiger partial charge on any atom is -0.390 e. The van der Waals surface area contributed by atoms with E-state index in [1.165, 1.54) is 12.1 Å². The number of aliphatic hydroxyl groups excluding tert-OH is 1. The van der Waals surface area contributed by atoms with E-state index in [-0.39, 0.29) is 16.4 Å². The summed E-state index contributed by atoms with van der Waals surface area (Å²) in [4.78, 5) is 11.7. The number of nitrogens with one attached hydrogen (secondary N) is 1. The van der Waals surface area contributed by atoms with Crippen molar-refractivity contribution in [2.45, 2.75) is 6.61 Å². The standard InChI is InChI=1S/C10H7ClFN3O3/c11-6-3-5(1-2-7(6)12)13-10(17)9-8(4-16)14-18-15-9/h1-3,16H,4H2,(H,13,17). The molecule has 0 aliphatic heterocycles. The summed E-state index contributed by atoms with van der Waals surface area (Å²) in [5, 5.41) is 17.9. The van der Waals surface area contributed by atoms with E-state index in [1.807, 2.05) is 0 Å². The molecule has 0 atom stereocenters. The summed E-state index contributed by atoms with van der Waals surface area (Å²) in [5.74, 6) is -1.23. The molecule has 0 radical (unpaired) electrons. The third kappa shape index (κ3) is 2.47. The first-order valence-electron chi connectivity index (χ1n) is 4.80. The largest absolute Gasteiger partial charge is 0.390 e. The van der Waals surface area contributed by atoms with Crippen molar-refractivity contribution in [2.24, 2.45) is 0 Å². The lowest BCUT2D eigenvalue weighted by Crippen LogP contribution is -2.14. The molecule has 18 heavy (non-hydrogen) atoms. The van der Waals surface area contributed by atoms with Crippen molar-refractivity contribution in [1.29, 1.82) is 0 Å². The molecule has 1 aromatic carbocycles. The van der Waals surface area contributed by atoms with E-state index in [1.54, 1.807) is 0 Å². The minimum absolute atomic E-state index is 0.0145. The van der Waals surface area contributed by atoms with Crippen molar-refractivity contribution in [3.63, 3.8) is 0 Å². The lowest BCUT2D eigenvalue weighted by molar-refractivity contribution is 0.101. The second-order valence-electron chi connectivity index (χ2n) is 3.30. The van der Waals surface area contributed by atoms with Crippen molar-refractivity contribution in [3.05, 3.63) is 40.4 Å². The number of hydrogen-bond donors (Lipinski definition) is 2.